The molecule has 4 heteroatoms. The number of nitrogens with zero attached hydrogens (tertiary/aromatic N) is 3. The van der Waals surface area contributed by atoms with Gasteiger partial charge in [-0.15, -0.1) is 0 Å². The summed E-state index contributed by atoms with van der Waals surface area (Å²) in [5.74, 6) is 3.68. The van der Waals surface area contributed by atoms with Gasteiger partial charge in [-0.05, 0) is 39.8 Å². The van der Waals surface area contributed by atoms with Gasteiger partial charge in [0.25, 0.3) is 0 Å². The Kier molecular flexibility index (Phi) is 6.43. The molecule has 1 aromatic heterocycles. The molecule has 9 rings (SSSR count). The number of para-hydroxylation sites is 1. The quantitative estimate of drug-likeness (QED) is 0.197. The van der Waals surface area contributed by atoms with E-state index in [2.05, 4.69) is 97.1 Å². The highest BCUT2D eigenvalue weighted by Gasteiger charge is 2.24. The fourth-order valence-electron chi connectivity index (χ4n) is 6.51. The van der Waals surface area contributed by atoms with Crippen molar-refractivity contribution in [3.05, 3.63) is 164 Å². The minimum Gasteiger partial charge on any atom is -0.455 e. The SMILES string of the molecule is c1ccc(-c2nc(-c3ccccc3)nc(-c3cccc(-c4ccc5c6c(cccc46)-c4cccc(-c6ccccc6)c4O5)c3)n2)cc1. The monoisotopic (exact) mass is 601 g/mol. The Morgan fingerprint density at radius 1 is 0.340 bits per heavy atom. The summed E-state index contributed by atoms with van der Waals surface area (Å²) in [6.45, 7) is 0. The lowest BCUT2D eigenvalue weighted by Crippen LogP contribution is -2.00. The highest BCUT2D eigenvalue weighted by atomic mass is 16.5. The highest BCUT2D eigenvalue weighted by molar-refractivity contribution is 6.10. The number of hydrogen-bond acceptors (Lipinski definition) is 4. The molecule has 1 aliphatic rings. The van der Waals surface area contributed by atoms with E-state index in [1.54, 1.807) is 0 Å². The molecule has 0 radical (unpaired) electrons. The van der Waals surface area contributed by atoms with Crippen molar-refractivity contribution in [2.24, 2.45) is 0 Å². The van der Waals surface area contributed by atoms with Crippen LogP contribution in [0.4, 0.5) is 0 Å². The van der Waals surface area contributed by atoms with Gasteiger partial charge in [0.15, 0.2) is 17.5 Å². The summed E-state index contributed by atoms with van der Waals surface area (Å²) < 4.78 is 6.70. The normalized spacial score (nSPS) is 11.6. The molecular formula is C43H27N3O. The van der Waals surface area contributed by atoms with E-state index < -0.39 is 0 Å². The number of hydrogen-bond donors (Lipinski definition) is 0. The summed E-state index contributed by atoms with van der Waals surface area (Å²) in [5.41, 5.74) is 9.52. The van der Waals surface area contributed by atoms with Gasteiger partial charge in [0.1, 0.15) is 11.5 Å². The fourth-order valence-corrected chi connectivity index (χ4v) is 6.51. The maximum Gasteiger partial charge on any atom is 0.164 e. The first kappa shape index (κ1) is 27.0. The Bertz CT molecular complexity index is 2370. The summed E-state index contributed by atoms with van der Waals surface area (Å²) in [6, 6.07) is 56.2. The number of fused-ring (bicyclic) bond motifs is 2. The van der Waals surface area contributed by atoms with Gasteiger partial charge < -0.3 is 4.74 Å². The summed E-state index contributed by atoms with van der Waals surface area (Å²) in [7, 11) is 0. The highest BCUT2D eigenvalue weighted by Crippen LogP contribution is 2.51. The Hall–Kier alpha value is -6.39. The van der Waals surface area contributed by atoms with Crippen molar-refractivity contribution < 1.29 is 4.74 Å². The average molecular weight is 602 g/mol. The van der Waals surface area contributed by atoms with Crippen LogP contribution in [0.5, 0.6) is 11.5 Å². The Balaban J connectivity index is 1.18. The lowest BCUT2D eigenvalue weighted by Gasteiger charge is -2.24. The molecule has 0 fully saturated rings. The third-order valence-corrected chi connectivity index (χ3v) is 8.74. The third kappa shape index (κ3) is 4.75. The van der Waals surface area contributed by atoms with E-state index in [9.17, 15) is 0 Å². The molecule has 0 unspecified atom stereocenters. The van der Waals surface area contributed by atoms with Crippen molar-refractivity contribution in [1.29, 1.82) is 0 Å². The first-order valence-electron chi connectivity index (χ1n) is 15.7. The van der Waals surface area contributed by atoms with Gasteiger partial charge in [0.05, 0.1) is 0 Å². The van der Waals surface area contributed by atoms with Crippen LogP contribution < -0.4 is 4.74 Å². The predicted octanol–water partition coefficient (Wildman–Crippen LogP) is 11.1. The molecule has 8 aromatic rings. The lowest BCUT2D eigenvalue weighted by molar-refractivity contribution is 0.489. The summed E-state index contributed by atoms with van der Waals surface area (Å²) >= 11 is 0. The second kappa shape index (κ2) is 11.2. The molecular weight excluding hydrogens is 574 g/mol. The summed E-state index contributed by atoms with van der Waals surface area (Å²) in [6.07, 6.45) is 0. The Morgan fingerprint density at radius 3 is 1.53 bits per heavy atom. The molecule has 0 spiro atoms. The Morgan fingerprint density at radius 2 is 0.851 bits per heavy atom. The van der Waals surface area contributed by atoms with Gasteiger partial charge in [0.2, 0.25) is 0 Å². The minimum atomic E-state index is 0.632. The lowest BCUT2D eigenvalue weighted by atomic mass is 9.88. The topological polar surface area (TPSA) is 47.9 Å². The van der Waals surface area contributed by atoms with Crippen molar-refractivity contribution in [2.75, 3.05) is 0 Å². The molecule has 0 saturated carbocycles. The van der Waals surface area contributed by atoms with Gasteiger partial charge in [0, 0.05) is 33.2 Å². The molecule has 4 nitrogen and oxygen atoms in total. The number of ether oxygens (including phenoxy) is 1. The van der Waals surface area contributed by atoms with E-state index in [0.717, 1.165) is 66.8 Å². The number of benzene rings is 7. The van der Waals surface area contributed by atoms with Crippen LogP contribution in [-0.2, 0) is 0 Å². The van der Waals surface area contributed by atoms with Gasteiger partial charge >= 0.3 is 0 Å². The molecule has 1 aliphatic heterocycles. The zero-order chi connectivity index (χ0) is 31.2. The van der Waals surface area contributed by atoms with Crippen LogP contribution in [0.15, 0.2) is 164 Å². The first-order chi connectivity index (χ1) is 23.3. The average Bonchev–Trinajstić information content (AvgIpc) is 3.16. The molecule has 0 aliphatic carbocycles. The second-order valence-electron chi connectivity index (χ2n) is 11.6. The molecule has 0 N–H and O–H groups in total. The molecule has 0 amide bonds. The van der Waals surface area contributed by atoms with Crippen molar-refractivity contribution >= 4 is 10.8 Å². The van der Waals surface area contributed by atoms with Gasteiger partial charge in [-0.2, -0.15) is 0 Å². The molecule has 47 heavy (non-hydrogen) atoms. The third-order valence-electron chi connectivity index (χ3n) is 8.74. The smallest absolute Gasteiger partial charge is 0.164 e. The molecule has 220 valence electrons. The van der Waals surface area contributed by atoms with E-state index in [4.69, 9.17) is 19.7 Å². The van der Waals surface area contributed by atoms with Crippen molar-refractivity contribution in [2.45, 2.75) is 0 Å². The van der Waals surface area contributed by atoms with Crippen molar-refractivity contribution in [3.63, 3.8) is 0 Å². The van der Waals surface area contributed by atoms with Crippen molar-refractivity contribution in [1.82, 2.24) is 15.0 Å². The van der Waals surface area contributed by atoms with Crippen LogP contribution in [0.2, 0.25) is 0 Å². The summed E-state index contributed by atoms with van der Waals surface area (Å²) in [4.78, 5) is 14.8. The second-order valence-corrected chi connectivity index (χ2v) is 11.6. The van der Waals surface area contributed by atoms with Crippen LogP contribution in [0.3, 0.4) is 0 Å². The largest absolute Gasteiger partial charge is 0.455 e. The van der Waals surface area contributed by atoms with E-state index in [-0.39, 0.29) is 0 Å². The van der Waals surface area contributed by atoms with E-state index in [0.29, 0.717) is 17.5 Å². The van der Waals surface area contributed by atoms with Gasteiger partial charge in [-0.3, -0.25) is 0 Å². The summed E-state index contributed by atoms with van der Waals surface area (Å²) in [5, 5.41) is 2.25. The predicted molar refractivity (Wildman–Crippen MR) is 190 cm³/mol. The fraction of sp³-hybridized carbons (Fsp3) is 0. The van der Waals surface area contributed by atoms with E-state index >= 15 is 0 Å². The van der Waals surface area contributed by atoms with E-state index in [1.807, 2.05) is 66.7 Å². The zero-order valence-electron chi connectivity index (χ0n) is 25.3. The number of aromatic nitrogens is 3. The first-order valence-corrected chi connectivity index (χ1v) is 15.7. The maximum absolute atomic E-state index is 6.70. The maximum atomic E-state index is 6.70. The van der Waals surface area contributed by atoms with Crippen LogP contribution in [-0.4, -0.2) is 15.0 Å². The molecule has 0 saturated heterocycles. The van der Waals surface area contributed by atoms with Crippen LogP contribution in [0, 0.1) is 0 Å². The molecule has 7 aromatic carbocycles. The van der Waals surface area contributed by atoms with E-state index in [1.165, 1.54) is 5.56 Å². The van der Waals surface area contributed by atoms with Crippen LogP contribution in [0.25, 0.3) is 78.3 Å². The Labute approximate surface area is 272 Å². The standard InChI is InChI=1S/C43H27N3O/c1-4-13-28(14-5-1)34-21-11-24-37-36-23-12-22-35-33(25-26-38(39(35)36)47-40(34)37)31-19-10-20-32(27-31)43-45-41(29-15-6-2-7-16-29)44-42(46-43)30-17-8-3-9-18-30/h1-27H. The van der Waals surface area contributed by atoms with Crippen LogP contribution >= 0.6 is 0 Å². The minimum absolute atomic E-state index is 0.632. The molecule has 0 bridgehead atoms. The van der Waals surface area contributed by atoms with Gasteiger partial charge in [-0.1, -0.05) is 152 Å². The molecule has 0 atom stereocenters. The van der Waals surface area contributed by atoms with Gasteiger partial charge in [-0.25, -0.2) is 15.0 Å². The number of rotatable bonds is 5. The van der Waals surface area contributed by atoms with Crippen molar-refractivity contribution in [3.8, 4) is 79.0 Å². The molecule has 2 heterocycles. The van der Waals surface area contributed by atoms with Crippen LogP contribution in [0.1, 0.15) is 0 Å². The zero-order valence-corrected chi connectivity index (χ0v) is 25.3.